The van der Waals surface area contributed by atoms with E-state index in [-0.39, 0.29) is 50.2 Å². The molecule has 0 saturated heterocycles. The van der Waals surface area contributed by atoms with E-state index in [9.17, 15) is 39.0 Å². The van der Waals surface area contributed by atoms with Gasteiger partial charge >= 0.3 is 40.7 Å². The number of hydrogen-bond acceptors (Lipinski definition) is 10. The molecule has 1 radical (unpaired) electrons. The molecule has 0 aliphatic carbocycles. The Morgan fingerprint density at radius 3 is 1.21 bits per heavy atom. The number of carboxylic acid groups (broad SMARTS) is 2. The number of benzene rings is 2. The van der Waals surface area contributed by atoms with Gasteiger partial charge in [-0.25, -0.2) is 19.2 Å². The summed E-state index contributed by atoms with van der Waals surface area (Å²) in [6, 6.07) is 6.97. The fourth-order valence-electron chi connectivity index (χ4n) is 2.42. The summed E-state index contributed by atoms with van der Waals surface area (Å²) in [5.41, 5.74) is -0.209. The van der Waals surface area contributed by atoms with Crippen molar-refractivity contribution in [2.24, 2.45) is 0 Å². The van der Waals surface area contributed by atoms with Gasteiger partial charge in [-0.1, -0.05) is 12.1 Å². The SMILES string of the molecule is O=C([O-])c1ccc2c(c1)C(=O)OC2=O.O=C([O-])c1ccc2c(c1)C(=O)OC2=O.[Co+2]. The van der Waals surface area contributed by atoms with Gasteiger partial charge in [0.2, 0.25) is 0 Å². The maximum atomic E-state index is 11.0. The summed E-state index contributed by atoms with van der Waals surface area (Å²) in [5.74, 6) is -5.97. The van der Waals surface area contributed by atoms with Crippen molar-refractivity contribution in [3.63, 3.8) is 0 Å². The Morgan fingerprint density at radius 1 is 0.586 bits per heavy atom. The van der Waals surface area contributed by atoms with Crippen molar-refractivity contribution >= 4 is 35.8 Å². The first-order chi connectivity index (χ1) is 13.2. The molecule has 2 aromatic rings. The number of rotatable bonds is 2. The minimum Gasteiger partial charge on any atom is -0.545 e. The van der Waals surface area contributed by atoms with Crippen LogP contribution in [0.5, 0.6) is 0 Å². The van der Waals surface area contributed by atoms with Gasteiger partial charge in [-0.05, 0) is 35.4 Å². The number of carboxylic acids is 2. The summed E-state index contributed by atoms with van der Waals surface area (Å²) >= 11 is 0. The number of ether oxygens (including phenoxy) is 2. The number of carbonyl (C=O) groups excluding carboxylic acids is 6. The first-order valence-corrected chi connectivity index (χ1v) is 7.43. The fraction of sp³-hybridized carbons (Fsp3) is 0. The predicted molar refractivity (Wildman–Crippen MR) is 81.0 cm³/mol. The molecule has 0 atom stereocenters. The molecule has 2 heterocycles. The zero-order chi connectivity index (χ0) is 20.6. The van der Waals surface area contributed by atoms with Crippen molar-refractivity contribution in [1.29, 1.82) is 0 Å². The average molecular weight is 441 g/mol. The van der Waals surface area contributed by atoms with Crippen LogP contribution in [0, 0.1) is 0 Å². The van der Waals surface area contributed by atoms with E-state index in [4.69, 9.17) is 0 Å². The van der Waals surface area contributed by atoms with Crippen molar-refractivity contribution < 1.29 is 65.2 Å². The van der Waals surface area contributed by atoms with Crippen molar-refractivity contribution in [2.45, 2.75) is 0 Å². The van der Waals surface area contributed by atoms with E-state index in [0.717, 1.165) is 12.1 Å². The van der Waals surface area contributed by atoms with Crippen molar-refractivity contribution in [2.75, 3.05) is 0 Å². The van der Waals surface area contributed by atoms with Gasteiger partial charge in [-0.3, -0.25) is 0 Å². The molecule has 0 amide bonds. The van der Waals surface area contributed by atoms with E-state index >= 15 is 0 Å². The van der Waals surface area contributed by atoms with Gasteiger partial charge in [-0.15, -0.1) is 0 Å². The van der Waals surface area contributed by atoms with E-state index < -0.39 is 35.8 Å². The van der Waals surface area contributed by atoms with Crippen LogP contribution in [0.2, 0.25) is 0 Å². The molecule has 0 spiro atoms. The molecule has 0 fully saturated rings. The maximum Gasteiger partial charge on any atom is 2.00 e. The smallest absolute Gasteiger partial charge is 0.545 e. The van der Waals surface area contributed by atoms with E-state index in [1.54, 1.807) is 0 Å². The van der Waals surface area contributed by atoms with Crippen molar-refractivity contribution in [1.82, 2.24) is 0 Å². The molecule has 0 aromatic heterocycles. The number of aromatic carboxylic acids is 2. The number of hydrogen-bond donors (Lipinski definition) is 0. The summed E-state index contributed by atoms with van der Waals surface area (Å²) in [7, 11) is 0. The molecule has 10 nitrogen and oxygen atoms in total. The van der Waals surface area contributed by atoms with E-state index in [2.05, 4.69) is 9.47 Å². The molecule has 2 aliphatic heterocycles. The van der Waals surface area contributed by atoms with Crippen LogP contribution in [-0.2, 0) is 26.3 Å². The second-order valence-electron chi connectivity index (χ2n) is 5.45. The maximum absolute atomic E-state index is 11.0. The molecule has 0 saturated carbocycles. The minimum atomic E-state index is -1.40. The van der Waals surface area contributed by atoms with Crippen LogP contribution in [0.15, 0.2) is 36.4 Å². The van der Waals surface area contributed by atoms with Crippen LogP contribution >= 0.6 is 0 Å². The summed E-state index contributed by atoms with van der Waals surface area (Å²) in [6.45, 7) is 0. The van der Waals surface area contributed by atoms with Gasteiger partial charge in [-0.2, -0.15) is 0 Å². The topological polar surface area (TPSA) is 167 Å². The van der Waals surface area contributed by atoms with E-state index in [1.165, 1.54) is 24.3 Å². The van der Waals surface area contributed by atoms with Crippen molar-refractivity contribution in [3.8, 4) is 0 Å². The molecule has 147 valence electrons. The monoisotopic (exact) mass is 441 g/mol. The van der Waals surface area contributed by atoms with E-state index in [1.807, 2.05) is 0 Å². The van der Waals surface area contributed by atoms with Crippen LogP contribution in [0.3, 0.4) is 0 Å². The molecule has 11 heteroatoms. The Balaban J connectivity index is 0.000000200. The summed E-state index contributed by atoms with van der Waals surface area (Å²) in [5, 5.41) is 20.9. The third-order valence-electron chi connectivity index (χ3n) is 3.76. The zero-order valence-electron chi connectivity index (χ0n) is 13.9. The van der Waals surface area contributed by atoms with E-state index in [0.29, 0.717) is 0 Å². The second-order valence-corrected chi connectivity index (χ2v) is 5.45. The normalized spacial score (nSPS) is 13.2. The number of cyclic esters (lactones) is 4. The standard InChI is InChI=1S/2C9H4O5.Co/c2*10-7(11)4-1-2-5-6(3-4)9(13)14-8(5)12;/h2*1-3H,(H,10,11);/q;;+2/p-2. The molecule has 29 heavy (non-hydrogen) atoms. The van der Waals surface area contributed by atoms with Crippen molar-refractivity contribution in [3.05, 3.63) is 69.8 Å². The fourth-order valence-corrected chi connectivity index (χ4v) is 2.42. The summed E-state index contributed by atoms with van der Waals surface area (Å²) in [6.07, 6.45) is 0. The van der Waals surface area contributed by atoms with Gasteiger partial charge in [0, 0.05) is 0 Å². The molecule has 0 unspecified atom stereocenters. The molecule has 2 aromatic carbocycles. The second kappa shape index (κ2) is 8.04. The third kappa shape index (κ3) is 4.05. The Kier molecular flexibility index (Phi) is 5.95. The number of esters is 4. The Labute approximate surface area is 171 Å². The van der Waals surface area contributed by atoms with Gasteiger partial charge in [0.25, 0.3) is 0 Å². The molecule has 0 bridgehead atoms. The molecule has 0 N–H and O–H groups in total. The average Bonchev–Trinajstić information content (AvgIpc) is 3.10. The number of carbonyl (C=O) groups is 6. The van der Waals surface area contributed by atoms with Gasteiger partial charge in [0.1, 0.15) is 0 Å². The van der Waals surface area contributed by atoms with Gasteiger partial charge < -0.3 is 29.3 Å². The van der Waals surface area contributed by atoms with Crippen LogP contribution < -0.4 is 10.2 Å². The van der Waals surface area contributed by atoms with Crippen LogP contribution in [0.25, 0.3) is 0 Å². The minimum absolute atomic E-state index is 0. The van der Waals surface area contributed by atoms with Crippen LogP contribution in [0.4, 0.5) is 0 Å². The third-order valence-corrected chi connectivity index (χ3v) is 3.76. The Morgan fingerprint density at radius 2 is 0.897 bits per heavy atom. The summed E-state index contributed by atoms with van der Waals surface area (Å²) in [4.78, 5) is 64.8. The Bertz CT molecular complexity index is 1010. The van der Waals surface area contributed by atoms with Gasteiger partial charge in [0.05, 0.1) is 34.2 Å². The summed E-state index contributed by atoms with van der Waals surface area (Å²) < 4.78 is 8.55. The Hall–Kier alpha value is -3.83. The zero-order valence-corrected chi connectivity index (χ0v) is 14.9. The largest absolute Gasteiger partial charge is 2.00 e. The first kappa shape index (κ1) is 21.5. The van der Waals surface area contributed by atoms with Crippen LogP contribution in [-0.4, -0.2) is 35.8 Å². The molecular weight excluding hydrogens is 435 g/mol. The number of fused-ring (bicyclic) bond motifs is 2. The predicted octanol–water partition coefficient (Wildman–Crippen LogP) is -1.28. The first-order valence-electron chi connectivity index (χ1n) is 7.43. The van der Waals surface area contributed by atoms with Crippen LogP contribution in [0.1, 0.15) is 62.1 Å². The quantitative estimate of drug-likeness (QED) is 0.404. The molecule has 2 aliphatic rings. The molecular formula is C18H6CoO10. The van der Waals surface area contributed by atoms with Gasteiger partial charge in [0.15, 0.2) is 0 Å². The molecule has 4 rings (SSSR count).